The Bertz CT molecular complexity index is 641. The maximum absolute atomic E-state index is 12.6. The summed E-state index contributed by atoms with van der Waals surface area (Å²) in [6.45, 7) is 9.50. The van der Waals surface area contributed by atoms with Crippen molar-refractivity contribution in [2.75, 3.05) is 25.4 Å². The largest absolute Gasteiger partial charge is 0.303 e. The zero-order valence-electron chi connectivity index (χ0n) is 16.0. The second kappa shape index (κ2) is 12.2. The summed E-state index contributed by atoms with van der Waals surface area (Å²) in [5.74, 6) is 0.866. The molecule has 0 aliphatic rings. The van der Waals surface area contributed by atoms with E-state index in [1.807, 2.05) is 18.2 Å². The molecule has 2 aromatic carbocycles. The minimum atomic E-state index is -0.00785. The van der Waals surface area contributed by atoms with Crippen molar-refractivity contribution in [2.24, 2.45) is 0 Å². The van der Waals surface area contributed by atoms with Crippen LogP contribution in [0.4, 0.5) is 0 Å². The minimum absolute atomic E-state index is 0. The van der Waals surface area contributed by atoms with E-state index in [9.17, 15) is 4.79 Å². The zero-order valence-corrected chi connectivity index (χ0v) is 17.6. The topological polar surface area (TPSA) is 20.3 Å². The molecule has 0 saturated carbocycles. The van der Waals surface area contributed by atoms with E-state index in [4.69, 9.17) is 0 Å². The van der Waals surface area contributed by atoms with Crippen molar-refractivity contribution >= 4 is 29.3 Å². The van der Waals surface area contributed by atoms with Crippen LogP contribution in [0.15, 0.2) is 54.6 Å². The van der Waals surface area contributed by atoms with Gasteiger partial charge in [-0.3, -0.25) is 4.79 Å². The predicted octanol–water partition coefficient (Wildman–Crippen LogP) is 5.87. The van der Waals surface area contributed by atoms with Gasteiger partial charge in [-0.1, -0.05) is 87.1 Å². The van der Waals surface area contributed by atoms with Crippen LogP contribution in [0.5, 0.6) is 0 Å². The molecule has 0 saturated heterocycles. The van der Waals surface area contributed by atoms with Crippen molar-refractivity contribution in [1.29, 1.82) is 0 Å². The molecule has 0 fully saturated rings. The normalized spacial score (nSPS) is 11.8. The number of hydrogen-bond acceptors (Lipinski definition) is 3. The molecule has 0 spiro atoms. The molecule has 26 heavy (non-hydrogen) atoms. The second-order valence-corrected chi connectivity index (χ2v) is 7.24. The van der Waals surface area contributed by atoms with Gasteiger partial charge in [-0.15, -0.1) is 12.4 Å². The molecule has 1 atom stereocenters. The minimum Gasteiger partial charge on any atom is -0.303 e. The molecule has 0 amide bonds. The van der Waals surface area contributed by atoms with E-state index >= 15 is 0 Å². The van der Waals surface area contributed by atoms with Crippen molar-refractivity contribution in [3.8, 4) is 11.1 Å². The fourth-order valence-corrected chi connectivity index (χ4v) is 4.05. The third kappa shape index (κ3) is 6.46. The van der Waals surface area contributed by atoms with Crippen LogP contribution in [0.3, 0.4) is 0 Å². The first-order valence-electron chi connectivity index (χ1n) is 9.23. The fraction of sp³-hybridized carbons (Fsp3) is 0.409. The third-order valence-electron chi connectivity index (χ3n) is 4.66. The van der Waals surface area contributed by atoms with Gasteiger partial charge in [-0.05, 0) is 36.2 Å². The molecular formula is C22H30ClNOS. The van der Waals surface area contributed by atoms with Gasteiger partial charge >= 0.3 is 0 Å². The van der Waals surface area contributed by atoms with Gasteiger partial charge in [0.2, 0.25) is 0 Å². The standard InChI is InChI=1S/C22H29NOS.ClH/c1-4-21(22(24)25-17-16-23(5-2)6-3)20-14-12-19(13-15-20)18-10-8-7-9-11-18;/h7-15,21H,4-6,16-17H2,1-3H3;1H. The van der Waals surface area contributed by atoms with Crippen LogP contribution < -0.4 is 0 Å². The highest BCUT2D eigenvalue weighted by molar-refractivity contribution is 8.13. The summed E-state index contributed by atoms with van der Waals surface area (Å²) in [5.41, 5.74) is 3.53. The summed E-state index contributed by atoms with van der Waals surface area (Å²) in [7, 11) is 0. The second-order valence-electron chi connectivity index (χ2n) is 6.14. The Hall–Kier alpha value is -1.29. The van der Waals surface area contributed by atoms with Crippen LogP contribution in [0.2, 0.25) is 0 Å². The highest BCUT2D eigenvalue weighted by atomic mass is 35.5. The fourth-order valence-electron chi connectivity index (χ4n) is 2.99. The van der Waals surface area contributed by atoms with Crippen LogP contribution in [0.1, 0.15) is 38.7 Å². The van der Waals surface area contributed by atoms with Gasteiger partial charge in [0.15, 0.2) is 5.12 Å². The van der Waals surface area contributed by atoms with Gasteiger partial charge in [0, 0.05) is 12.3 Å². The van der Waals surface area contributed by atoms with Crippen molar-refractivity contribution < 1.29 is 4.79 Å². The van der Waals surface area contributed by atoms with E-state index in [-0.39, 0.29) is 18.3 Å². The quantitative estimate of drug-likeness (QED) is 0.533. The van der Waals surface area contributed by atoms with E-state index in [2.05, 4.69) is 62.1 Å². The molecule has 142 valence electrons. The van der Waals surface area contributed by atoms with Crippen molar-refractivity contribution in [1.82, 2.24) is 4.90 Å². The van der Waals surface area contributed by atoms with Crippen molar-refractivity contribution in [3.05, 3.63) is 60.2 Å². The zero-order chi connectivity index (χ0) is 18.1. The maximum atomic E-state index is 12.6. The van der Waals surface area contributed by atoms with Crippen LogP contribution in [0.25, 0.3) is 11.1 Å². The lowest BCUT2D eigenvalue weighted by atomic mass is 9.95. The van der Waals surface area contributed by atoms with Crippen molar-refractivity contribution in [3.63, 3.8) is 0 Å². The van der Waals surface area contributed by atoms with Gasteiger partial charge in [0.05, 0.1) is 5.92 Å². The number of carbonyl (C=O) groups excluding carboxylic acids is 1. The lowest BCUT2D eigenvalue weighted by Crippen LogP contribution is -2.26. The molecule has 0 heterocycles. The highest BCUT2D eigenvalue weighted by Crippen LogP contribution is 2.28. The average Bonchev–Trinajstić information content (AvgIpc) is 2.67. The lowest BCUT2D eigenvalue weighted by Gasteiger charge is -2.18. The van der Waals surface area contributed by atoms with Gasteiger partial charge in [0.1, 0.15) is 0 Å². The Kier molecular flexibility index (Phi) is 10.6. The molecule has 2 rings (SSSR count). The molecule has 0 aliphatic carbocycles. The Morgan fingerprint density at radius 1 is 0.923 bits per heavy atom. The summed E-state index contributed by atoms with van der Waals surface area (Å²) in [5, 5.41) is 0.294. The summed E-state index contributed by atoms with van der Waals surface area (Å²) in [4.78, 5) is 15.0. The predicted molar refractivity (Wildman–Crippen MR) is 117 cm³/mol. The third-order valence-corrected chi connectivity index (χ3v) is 5.61. The number of halogens is 1. The van der Waals surface area contributed by atoms with Gasteiger partial charge in [0.25, 0.3) is 0 Å². The molecule has 4 heteroatoms. The first kappa shape index (κ1) is 22.8. The summed E-state index contributed by atoms with van der Waals surface area (Å²) in [6, 6.07) is 18.8. The molecule has 0 aromatic heterocycles. The Labute approximate surface area is 168 Å². The number of benzene rings is 2. The molecule has 2 nitrogen and oxygen atoms in total. The molecule has 0 bridgehead atoms. The first-order chi connectivity index (χ1) is 12.2. The van der Waals surface area contributed by atoms with E-state index in [0.717, 1.165) is 37.4 Å². The summed E-state index contributed by atoms with van der Waals surface area (Å²) < 4.78 is 0. The van der Waals surface area contributed by atoms with Crippen LogP contribution >= 0.6 is 24.2 Å². The van der Waals surface area contributed by atoms with Gasteiger partial charge in [-0.2, -0.15) is 0 Å². The van der Waals surface area contributed by atoms with E-state index in [0.29, 0.717) is 5.12 Å². The molecular weight excluding hydrogens is 362 g/mol. The Balaban J connectivity index is 0.00000338. The monoisotopic (exact) mass is 391 g/mol. The van der Waals surface area contributed by atoms with Gasteiger partial charge in [-0.25, -0.2) is 0 Å². The molecule has 0 radical (unpaired) electrons. The molecule has 0 N–H and O–H groups in total. The van der Waals surface area contributed by atoms with Crippen molar-refractivity contribution in [2.45, 2.75) is 33.1 Å². The number of thioether (sulfide) groups is 1. The number of hydrogen-bond donors (Lipinski definition) is 0. The summed E-state index contributed by atoms with van der Waals surface area (Å²) >= 11 is 1.48. The van der Waals surface area contributed by atoms with Crippen LogP contribution in [-0.4, -0.2) is 35.4 Å². The van der Waals surface area contributed by atoms with E-state index in [1.165, 1.54) is 22.9 Å². The van der Waals surface area contributed by atoms with Crippen LogP contribution in [-0.2, 0) is 4.79 Å². The van der Waals surface area contributed by atoms with Crippen LogP contribution in [0, 0.1) is 0 Å². The highest BCUT2D eigenvalue weighted by Gasteiger charge is 2.19. The lowest BCUT2D eigenvalue weighted by molar-refractivity contribution is -0.112. The average molecular weight is 392 g/mol. The van der Waals surface area contributed by atoms with E-state index < -0.39 is 0 Å². The Morgan fingerprint density at radius 2 is 1.50 bits per heavy atom. The summed E-state index contributed by atoms with van der Waals surface area (Å²) in [6.07, 6.45) is 0.849. The van der Waals surface area contributed by atoms with E-state index in [1.54, 1.807) is 0 Å². The number of carbonyl (C=O) groups is 1. The molecule has 0 aliphatic heterocycles. The Morgan fingerprint density at radius 3 is 2.04 bits per heavy atom. The molecule has 2 aromatic rings. The van der Waals surface area contributed by atoms with Gasteiger partial charge < -0.3 is 4.90 Å². The first-order valence-corrected chi connectivity index (χ1v) is 10.2. The maximum Gasteiger partial charge on any atom is 0.196 e. The SMILES string of the molecule is CCC(C(=O)SCCN(CC)CC)c1ccc(-c2ccccc2)cc1.Cl. The smallest absolute Gasteiger partial charge is 0.196 e. The molecule has 1 unspecified atom stereocenters. The number of nitrogens with zero attached hydrogens (tertiary/aromatic N) is 1. The number of rotatable bonds is 9.